The second kappa shape index (κ2) is 38.8. The quantitative estimate of drug-likeness (QED) is 0.0308. The highest BCUT2D eigenvalue weighted by Gasteiger charge is 2.53. The number of allylic oxidation sites excluding steroid dienone is 3. The highest BCUT2D eigenvalue weighted by molar-refractivity contribution is 5.76. The molecular formula is C54H99NO18. The molecule has 17 atom stereocenters. The van der Waals surface area contributed by atoms with E-state index in [-0.39, 0.29) is 18.9 Å². The lowest BCUT2D eigenvalue weighted by atomic mass is 9.96. The normalized spacial score (nSPS) is 31.9. The summed E-state index contributed by atoms with van der Waals surface area (Å²) in [7, 11) is 0. The molecule has 0 spiro atoms. The number of aliphatic hydroxyl groups is 11. The summed E-state index contributed by atoms with van der Waals surface area (Å²) in [6.45, 7) is 1.63. The minimum atomic E-state index is -1.98. The minimum Gasteiger partial charge on any atom is -0.394 e. The molecule has 428 valence electrons. The van der Waals surface area contributed by atoms with Crippen LogP contribution in [-0.4, -0.2) is 193 Å². The molecule has 3 rings (SSSR count). The van der Waals surface area contributed by atoms with Crippen LogP contribution in [-0.2, 0) is 33.2 Å². The highest BCUT2D eigenvalue weighted by atomic mass is 16.8. The van der Waals surface area contributed by atoms with E-state index in [4.69, 9.17) is 28.4 Å². The van der Waals surface area contributed by atoms with Gasteiger partial charge in [0.1, 0.15) is 73.2 Å². The zero-order valence-electron chi connectivity index (χ0n) is 44.1. The number of nitrogens with one attached hydrogen (secondary N) is 1. The Morgan fingerprint density at radius 1 is 0.479 bits per heavy atom. The zero-order chi connectivity index (χ0) is 53.4. The van der Waals surface area contributed by atoms with Crippen molar-refractivity contribution in [3.63, 3.8) is 0 Å². The monoisotopic (exact) mass is 1050 g/mol. The standard InChI is InChI=1S/C54H99NO18/c1-3-5-7-9-11-12-13-14-15-16-17-18-19-20-21-22-23-24-26-27-29-31-38(59)37(55-42(60)32-30-28-25-10-8-6-4-2)36-68-52-48(66)45(63)50(40(34-57)70-52)73-54-49(67)46(64)51(41(35-58)71-54)72-53-47(65)44(62)43(61)39(33-56)69-53/h23-24,29,31,37-41,43-54,56-59,61-67H,3-22,25-28,30,32-36H2,1-2H3,(H,55,60)/b24-23+,31-29+. The average molecular weight is 1050 g/mol. The van der Waals surface area contributed by atoms with Crippen LogP contribution >= 0.6 is 0 Å². The van der Waals surface area contributed by atoms with Crippen LogP contribution in [0.3, 0.4) is 0 Å². The van der Waals surface area contributed by atoms with E-state index in [0.717, 1.165) is 51.4 Å². The van der Waals surface area contributed by atoms with Gasteiger partial charge in [-0.3, -0.25) is 4.79 Å². The van der Waals surface area contributed by atoms with Crippen LogP contribution in [0, 0.1) is 0 Å². The Balaban J connectivity index is 1.49. The van der Waals surface area contributed by atoms with Gasteiger partial charge in [-0.05, 0) is 32.1 Å². The maximum Gasteiger partial charge on any atom is 0.220 e. The maximum absolute atomic E-state index is 13.1. The largest absolute Gasteiger partial charge is 0.394 e. The molecule has 73 heavy (non-hydrogen) atoms. The predicted molar refractivity (Wildman–Crippen MR) is 273 cm³/mol. The Kier molecular flexibility index (Phi) is 34.8. The molecule has 19 heteroatoms. The molecule has 12 N–H and O–H groups in total. The number of unbranched alkanes of at least 4 members (excludes halogenated alkanes) is 22. The Bertz CT molecular complexity index is 1440. The number of hydrogen-bond acceptors (Lipinski definition) is 18. The van der Waals surface area contributed by atoms with Crippen LogP contribution in [0.25, 0.3) is 0 Å². The van der Waals surface area contributed by atoms with Crippen LogP contribution in [0.1, 0.15) is 181 Å². The van der Waals surface area contributed by atoms with E-state index in [2.05, 4.69) is 31.3 Å². The summed E-state index contributed by atoms with van der Waals surface area (Å²) < 4.78 is 34.1. The molecule has 3 heterocycles. The second-order valence-corrected chi connectivity index (χ2v) is 20.4. The molecule has 0 aromatic heterocycles. The summed E-state index contributed by atoms with van der Waals surface area (Å²) >= 11 is 0. The Morgan fingerprint density at radius 3 is 1.37 bits per heavy atom. The molecule has 3 aliphatic heterocycles. The topological polar surface area (TPSA) is 307 Å². The molecule has 0 saturated carbocycles. The predicted octanol–water partition coefficient (Wildman–Crippen LogP) is 3.59. The first kappa shape index (κ1) is 65.6. The van der Waals surface area contributed by atoms with Crippen LogP contribution < -0.4 is 5.32 Å². The minimum absolute atomic E-state index is 0.235. The number of rotatable bonds is 40. The fourth-order valence-corrected chi connectivity index (χ4v) is 9.56. The summed E-state index contributed by atoms with van der Waals surface area (Å²) in [5, 5.41) is 120. The lowest BCUT2D eigenvalue weighted by Gasteiger charge is -2.48. The molecule has 19 nitrogen and oxygen atoms in total. The van der Waals surface area contributed by atoms with Crippen molar-refractivity contribution in [2.75, 3.05) is 26.4 Å². The molecule has 3 saturated heterocycles. The lowest BCUT2D eigenvalue weighted by Crippen LogP contribution is -2.66. The van der Waals surface area contributed by atoms with Gasteiger partial charge in [0.2, 0.25) is 5.91 Å². The van der Waals surface area contributed by atoms with Gasteiger partial charge in [-0.15, -0.1) is 0 Å². The van der Waals surface area contributed by atoms with Crippen molar-refractivity contribution < 1.29 is 89.4 Å². The fraction of sp³-hybridized carbons (Fsp3) is 0.907. The van der Waals surface area contributed by atoms with E-state index in [0.29, 0.717) is 12.8 Å². The van der Waals surface area contributed by atoms with Crippen molar-refractivity contribution >= 4 is 5.91 Å². The fourth-order valence-electron chi connectivity index (χ4n) is 9.56. The summed E-state index contributed by atoms with van der Waals surface area (Å²) in [4.78, 5) is 13.1. The second-order valence-electron chi connectivity index (χ2n) is 20.4. The summed E-state index contributed by atoms with van der Waals surface area (Å²) in [6.07, 6.45) is 10.7. The molecule has 0 aromatic rings. The Hall–Kier alpha value is -1.73. The maximum atomic E-state index is 13.1. The number of ether oxygens (including phenoxy) is 6. The van der Waals surface area contributed by atoms with Gasteiger partial charge < -0.3 is 89.9 Å². The smallest absolute Gasteiger partial charge is 0.220 e. The third-order valence-corrected chi connectivity index (χ3v) is 14.3. The number of carbonyl (C=O) groups excluding carboxylic acids is 1. The average Bonchev–Trinajstić information content (AvgIpc) is 3.39. The van der Waals surface area contributed by atoms with Crippen molar-refractivity contribution in [3.8, 4) is 0 Å². The zero-order valence-corrected chi connectivity index (χ0v) is 44.1. The summed E-state index contributed by atoms with van der Waals surface area (Å²) in [6, 6.07) is -0.982. The van der Waals surface area contributed by atoms with Gasteiger partial charge in [-0.1, -0.05) is 167 Å². The first-order valence-electron chi connectivity index (χ1n) is 28.1. The number of carbonyl (C=O) groups is 1. The van der Waals surface area contributed by atoms with Crippen LogP contribution in [0.15, 0.2) is 24.3 Å². The Morgan fingerprint density at radius 2 is 0.877 bits per heavy atom. The Labute approximate surface area is 435 Å². The van der Waals surface area contributed by atoms with E-state index < -0.39 is 124 Å². The van der Waals surface area contributed by atoms with Crippen molar-refractivity contribution in [1.29, 1.82) is 0 Å². The van der Waals surface area contributed by atoms with Gasteiger partial charge in [0, 0.05) is 6.42 Å². The van der Waals surface area contributed by atoms with Gasteiger partial charge in [-0.2, -0.15) is 0 Å². The molecule has 0 aliphatic carbocycles. The van der Waals surface area contributed by atoms with E-state index in [1.165, 1.54) is 96.3 Å². The summed E-state index contributed by atoms with van der Waals surface area (Å²) in [5.41, 5.74) is 0. The molecule has 3 aliphatic rings. The van der Waals surface area contributed by atoms with Crippen LogP contribution in [0.2, 0.25) is 0 Å². The lowest BCUT2D eigenvalue weighted by molar-refractivity contribution is -0.379. The molecule has 0 aromatic carbocycles. The van der Waals surface area contributed by atoms with Gasteiger partial charge in [0.15, 0.2) is 18.9 Å². The first-order valence-corrected chi connectivity index (χ1v) is 28.1. The van der Waals surface area contributed by atoms with Crippen molar-refractivity contribution in [2.45, 2.75) is 285 Å². The molecule has 1 amide bonds. The molecule has 17 unspecified atom stereocenters. The van der Waals surface area contributed by atoms with E-state index in [1.54, 1.807) is 6.08 Å². The third-order valence-electron chi connectivity index (χ3n) is 14.3. The molecule has 0 bridgehead atoms. The highest BCUT2D eigenvalue weighted by Crippen LogP contribution is 2.33. The summed E-state index contributed by atoms with van der Waals surface area (Å²) in [5.74, 6) is -0.293. The molecular weight excluding hydrogens is 951 g/mol. The first-order chi connectivity index (χ1) is 35.3. The van der Waals surface area contributed by atoms with E-state index in [1.807, 2.05) is 6.08 Å². The van der Waals surface area contributed by atoms with Gasteiger partial charge >= 0.3 is 0 Å². The molecule has 3 fully saturated rings. The van der Waals surface area contributed by atoms with Gasteiger partial charge in [0.25, 0.3) is 0 Å². The van der Waals surface area contributed by atoms with Crippen molar-refractivity contribution in [2.24, 2.45) is 0 Å². The van der Waals surface area contributed by atoms with E-state index >= 15 is 0 Å². The third kappa shape index (κ3) is 23.8. The number of amides is 1. The SMILES string of the molecule is CCCCCCCCCCCCCCCCC/C=C/CC/C=C/C(O)C(COC1OC(CO)C(OC2OC(CO)C(OC3OC(CO)C(O)C(O)C3O)C(O)C2O)C(O)C1O)NC(=O)CCCCCCCCC. The van der Waals surface area contributed by atoms with Crippen LogP contribution in [0.5, 0.6) is 0 Å². The molecule has 0 radical (unpaired) electrons. The van der Waals surface area contributed by atoms with Crippen LogP contribution in [0.4, 0.5) is 0 Å². The van der Waals surface area contributed by atoms with Gasteiger partial charge in [0.05, 0.1) is 38.6 Å². The number of aliphatic hydroxyl groups excluding tert-OH is 11. The van der Waals surface area contributed by atoms with Crippen molar-refractivity contribution in [1.82, 2.24) is 5.32 Å². The van der Waals surface area contributed by atoms with E-state index in [9.17, 15) is 61.0 Å². The van der Waals surface area contributed by atoms with Crippen molar-refractivity contribution in [3.05, 3.63) is 24.3 Å². The number of hydrogen-bond donors (Lipinski definition) is 12. The van der Waals surface area contributed by atoms with Gasteiger partial charge in [-0.25, -0.2) is 0 Å².